The van der Waals surface area contributed by atoms with E-state index < -0.39 is 0 Å². The van der Waals surface area contributed by atoms with Crippen molar-refractivity contribution in [3.63, 3.8) is 0 Å². The van der Waals surface area contributed by atoms with Crippen LogP contribution in [0.5, 0.6) is 0 Å². The highest BCUT2D eigenvalue weighted by atomic mass is 16.2. The smallest absolute Gasteiger partial charge is 0.255 e. The third kappa shape index (κ3) is 5.55. The van der Waals surface area contributed by atoms with Gasteiger partial charge in [-0.2, -0.15) is 0 Å². The van der Waals surface area contributed by atoms with Crippen molar-refractivity contribution in [3.05, 3.63) is 95.6 Å². The number of hydrogen-bond acceptors (Lipinski definition) is 3. The van der Waals surface area contributed by atoms with Crippen LogP contribution >= 0.6 is 0 Å². The monoisotopic (exact) mass is 427 g/mol. The number of benzene rings is 3. The number of amides is 2. The molecule has 2 N–H and O–H groups in total. The zero-order chi connectivity index (χ0) is 22.2. The molecule has 164 valence electrons. The van der Waals surface area contributed by atoms with Crippen LogP contribution in [0.3, 0.4) is 0 Å². The molecule has 3 aromatic rings. The molecule has 5 nitrogen and oxygen atoms in total. The molecule has 32 heavy (non-hydrogen) atoms. The van der Waals surface area contributed by atoms with Crippen LogP contribution in [-0.2, 0) is 6.42 Å². The molecule has 0 atom stereocenters. The summed E-state index contributed by atoms with van der Waals surface area (Å²) in [6.45, 7) is 2.45. The van der Waals surface area contributed by atoms with Gasteiger partial charge in [-0.25, -0.2) is 0 Å². The van der Waals surface area contributed by atoms with Gasteiger partial charge in [0.25, 0.3) is 11.8 Å². The van der Waals surface area contributed by atoms with E-state index in [0.717, 1.165) is 38.0 Å². The number of hydrogen-bond donors (Lipinski definition) is 2. The van der Waals surface area contributed by atoms with E-state index in [0.29, 0.717) is 23.4 Å². The highest BCUT2D eigenvalue weighted by Gasteiger charge is 2.20. The molecule has 5 heteroatoms. The lowest BCUT2D eigenvalue weighted by Gasteiger charge is -2.30. The Labute approximate surface area is 189 Å². The molecule has 0 saturated carbocycles. The van der Waals surface area contributed by atoms with Gasteiger partial charge in [0.2, 0.25) is 0 Å². The lowest BCUT2D eigenvalue weighted by Crippen LogP contribution is -2.33. The van der Waals surface area contributed by atoms with Crippen LogP contribution < -0.4 is 15.5 Å². The van der Waals surface area contributed by atoms with E-state index in [9.17, 15) is 9.59 Å². The maximum atomic E-state index is 13.2. The van der Waals surface area contributed by atoms with Crippen LogP contribution in [0.15, 0.2) is 78.9 Å². The molecular weight excluding hydrogens is 398 g/mol. The number of nitrogens with one attached hydrogen (secondary N) is 2. The first-order chi connectivity index (χ1) is 15.7. The van der Waals surface area contributed by atoms with Crippen LogP contribution in [0.1, 0.15) is 45.5 Å². The summed E-state index contributed by atoms with van der Waals surface area (Å²) in [5.41, 5.74) is 3.92. The van der Waals surface area contributed by atoms with Crippen LogP contribution in [0.2, 0.25) is 0 Å². The summed E-state index contributed by atoms with van der Waals surface area (Å²) in [6.07, 6.45) is 4.25. The molecule has 3 aromatic carbocycles. The summed E-state index contributed by atoms with van der Waals surface area (Å²) in [5, 5.41) is 5.99. The quantitative estimate of drug-likeness (QED) is 0.564. The van der Waals surface area contributed by atoms with Gasteiger partial charge < -0.3 is 15.5 Å². The Hall–Kier alpha value is -3.60. The molecule has 0 aliphatic carbocycles. The minimum Gasteiger partial charge on any atom is -0.371 e. The predicted octanol–water partition coefficient (Wildman–Crippen LogP) is 4.90. The molecule has 4 rings (SSSR count). The van der Waals surface area contributed by atoms with Crippen molar-refractivity contribution >= 4 is 23.2 Å². The molecule has 1 fully saturated rings. The standard InChI is InChI=1S/C27H29N3O2/c31-26(22-12-6-2-7-13-22)29-23-14-15-25(30-18-8-3-9-19-30)24(20-23)27(32)28-17-16-21-10-4-1-5-11-21/h1-2,4-7,10-15,20H,3,8-9,16-19H2,(H,28,32)(H,29,31). The maximum absolute atomic E-state index is 13.2. The van der Waals surface area contributed by atoms with Gasteiger partial charge >= 0.3 is 0 Å². The molecule has 0 bridgehead atoms. The van der Waals surface area contributed by atoms with Gasteiger partial charge in [-0.3, -0.25) is 9.59 Å². The molecule has 0 unspecified atom stereocenters. The minimum absolute atomic E-state index is 0.114. The van der Waals surface area contributed by atoms with Gasteiger partial charge in [0.1, 0.15) is 0 Å². The predicted molar refractivity (Wildman–Crippen MR) is 129 cm³/mol. The molecule has 0 radical (unpaired) electrons. The first kappa shape index (κ1) is 21.6. The van der Waals surface area contributed by atoms with Gasteiger partial charge in [0.15, 0.2) is 0 Å². The first-order valence-electron chi connectivity index (χ1n) is 11.3. The molecule has 1 aliphatic heterocycles. The van der Waals surface area contributed by atoms with Crippen molar-refractivity contribution in [2.24, 2.45) is 0 Å². The van der Waals surface area contributed by atoms with Crippen molar-refractivity contribution < 1.29 is 9.59 Å². The number of nitrogens with zero attached hydrogens (tertiary/aromatic N) is 1. The van der Waals surface area contributed by atoms with E-state index in [2.05, 4.69) is 27.7 Å². The van der Waals surface area contributed by atoms with Crippen LogP contribution in [0.4, 0.5) is 11.4 Å². The van der Waals surface area contributed by atoms with E-state index in [1.165, 1.54) is 12.0 Å². The summed E-state index contributed by atoms with van der Waals surface area (Å²) in [6, 6.07) is 24.8. The number of carbonyl (C=O) groups excluding carboxylic acids is 2. The molecule has 2 amide bonds. The van der Waals surface area contributed by atoms with E-state index in [4.69, 9.17) is 0 Å². The van der Waals surface area contributed by atoms with E-state index >= 15 is 0 Å². The molecule has 1 saturated heterocycles. The Morgan fingerprint density at radius 3 is 2.19 bits per heavy atom. The average molecular weight is 428 g/mol. The zero-order valence-corrected chi connectivity index (χ0v) is 18.2. The fourth-order valence-corrected chi connectivity index (χ4v) is 4.06. The Balaban J connectivity index is 1.51. The molecule has 1 heterocycles. The van der Waals surface area contributed by atoms with Crippen molar-refractivity contribution in [1.82, 2.24) is 5.32 Å². The van der Waals surface area contributed by atoms with Gasteiger partial charge in [-0.05, 0) is 61.6 Å². The van der Waals surface area contributed by atoms with Crippen LogP contribution in [-0.4, -0.2) is 31.4 Å². The van der Waals surface area contributed by atoms with Gasteiger partial charge in [-0.15, -0.1) is 0 Å². The first-order valence-corrected chi connectivity index (χ1v) is 11.3. The fraction of sp³-hybridized carbons (Fsp3) is 0.259. The second-order valence-electron chi connectivity index (χ2n) is 8.09. The van der Waals surface area contributed by atoms with E-state index in [-0.39, 0.29) is 11.8 Å². The van der Waals surface area contributed by atoms with E-state index in [1.807, 2.05) is 48.5 Å². The van der Waals surface area contributed by atoms with E-state index in [1.54, 1.807) is 18.2 Å². The average Bonchev–Trinajstić information content (AvgIpc) is 2.85. The Morgan fingerprint density at radius 2 is 1.47 bits per heavy atom. The third-order valence-corrected chi connectivity index (χ3v) is 5.77. The van der Waals surface area contributed by atoms with Crippen molar-refractivity contribution in [1.29, 1.82) is 0 Å². The second kappa shape index (κ2) is 10.6. The fourth-order valence-electron chi connectivity index (χ4n) is 4.06. The van der Waals surface area contributed by atoms with Crippen LogP contribution in [0.25, 0.3) is 0 Å². The normalized spacial score (nSPS) is 13.4. The van der Waals surface area contributed by atoms with Crippen LogP contribution in [0, 0.1) is 0 Å². The minimum atomic E-state index is -0.188. The van der Waals surface area contributed by atoms with Gasteiger partial charge in [0.05, 0.1) is 5.56 Å². The Morgan fingerprint density at radius 1 is 0.781 bits per heavy atom. The lowest BCUT2D eigenvalue weighted by atomic mass is 10.1. The number of carbonyl (C=O) groups is 2. The summed E-state index contributed by atoms with van der Waals surface area (Å²) in [7, 11) is 0. The van der Waals surface area contributed by atoms with Crippen molar-refractivity contribution in [2.45, 2.75) is 25.7 Å². The topological polar surface area (TPSA) is 61.4 Å². The highest BCUT2D eigenvalue weighted by molar-refractivity contribution is 6.06. The molecular formula is C27H29N3O2. The van der Waals surface area contributed by atoms with Gasteiger partial charge in [0, 0.05) is 36.6 Å². The lowest BCUT2D eigenvalue weighted by molar-refractivity contribution is 0.0953. The maximum Gasteiger partial charge on any atom is 0.255 e. The third-order valence-electron chi connectivity index (χ3n) is 5.77. The second-order valence-corrected chi connectivity index (χ2v) is 8.09. The van der Waals surface area contributed by atoms with Crippen molar-refractivity contribution in [2.75, 3.05) is 29.9 Å². The van der Waals surface area contributed by atoms with Gasteiger partial charge in [-0.1, -0.05) is 48.5 Å². The molecule has 0 aromatic heterocycles. The molecule has 0 spiro atoms. The number of anilines is 2. The highest BCUT2D eigenvalue weighted by Crippen LogP contribution is 2.27. The SMILES string of the molecule is O=C(Nc1ccc(N2CCCCC2)c(C(=O)NCCc2ccccc2)c1)c1ccccc1. The molecule has 1 aliphatic rings. The zero-order valence-electron chi connectivity index (χ0n) is 18.2. The Kier molecular flexibility index (Phi) is 7.18. The summed E-state index contributed by atoms with van der Waals surface area (Å²) in [4.78, 5) is 28.0. The summed E-state index contributed by atoms with van der Waals surface area (Å²) in [5.74, 6) is -0.302. The van der Waals surface area contributed by atoms with Crippen molar-refractivity contribution in [3.8, 4) is 0 Å². The summed E-state index contributed by atoms with van der Waals surface area (Å²) < 4.78 is 0. The summed E-state index contributed by atoms with van der Waals surface area (Å²) >= 11 is 0. The Bertz CT molecular complexity index is 1050. The number of piperidine rings is 1. The number of rotatable bonds is 7. The largest absolute Gasteiger partial charge is 0.371 e.